The molecular weight excluding hydrogens is 254 g/mol. The molecule has 2 rings (SSSR count). The summed E-state index contributed by atoms with van der Waals surface area (Å²) in [5.74, 6) is 0.804. The summed E-state index contributed by atoms with van der Waals surface area (Å²) in [7, 11) is 0. The summed E-state index contributed by atoms with van der Waals surface area (Å²) < 4.78 is 5.71. The van der Waals surface area contributed by atoms with Crippen LogP contribution in [0.5, 0.6) is 0 Å². The van der Waals surface area contributed by atoms with Crippen molar-refractivity contribution in [2.75, 3.05) is 13.2 Å². The minimum absolute atomic E-state index is 0.135. The van der Waals surface area contributed by atoms with Crippen LogP contribution in [-0.4, -0.2) is 36.4 Å². The third-order valence-corrected chi connectivity index (χ3v) is 4.80. The van der Waals surface area contributed by atoms with Crippen LogP contribution in [0.2, 0.25) is 0 Å². The quantitative estimate of drug-likeness (QED) is 0.813. The van der Waals surface area contributed by atoms with E-state index in [1.165, 1.54) is 0 Å². The molecular formula is C16H29NO3. The smallest absolute Gasteiger partial charge is 0.223 e. The van der Waals surface area contributed by atoms with E-state index in [-0.39, 0.29) is 17.9 Å². The maximum atomic E-state index is 12.4. The van der Waals surface area contributed by atoms with Crippen molar-refractivity contribution in [3.8, 4) is 0 Å². The topological polar surface area (TPSA) is 58.6 Å². The molecule has 116 valence electrons. The summed E-state index contributed by atoms with van der Waals surface area (Å²) in [6.07, 6.45) is 8.28. The molecule has 4 heteroatoms. The van der Waals surface area contributed by atoms with Gasteiger partial charge < -0.3 is 15.2 Å². The standard InChI is InChI=1S/C16H29NO3/c1-2-3-15-10-13(8-9-20-15)16(19)17-14-6-4-12(11-18)5-7-14/h12-15,18H,2-11H2,1H3,(H,17,19). The first-order valence-corrected chi connectivity index (χ1v) is 8.25. The van der Waals surface area contributed by atoms with E-state index in [9.17, 15) is 4.79 Å². The van der Waals surface area contributed by atoms with Crippen molar-refractivity contribution < 1.29 is 14.6 Å². The molecule has 2 atom stereocenters. The summed E-state index contributed by atoms with van der Waals surface area (Å²) in [5.41, 5.74) is 0. The number of carbonyl (C=O) groups excluding carboxylic acids is 1. The van der Waals surface area contributed by atoms with Gasteiger partial charge in [0.1, 0.15) is 0 Å². The summed E-state index contributed by atoms with van der Waals surface area (Å²) >= 11 is 0. The second-order valence-electron chi connectivity index (χ2n) is 6.41. The van der Waals surface area contributed by atoms with Gasteiger partial charge in [-0.2, -0.15) is 0 Å². The Kier molecular flexibility index (Phi) is 6.30. The molecule has 0 radical (unpaired) electrons. The molecule has 0 aromatic carbocycles. The van der Waals surface area contributed by atoms with Gasteiger partial charge in [-0.3, -0.25) is 4.79 Å². The SMILES string of the molecule is CCCC1CC(C(=O)NC2CCC(CO)CC2)CCO1. The lowest BCUT2D eigenvalue weighted by molar-refractivity contribution is -0.131. The highest BCUT2D eigenvalue weighted by atomic mass is 16.5. The first kappa shape index (κ1) is 15.8. The van der Waals surface area contributed by atoms with Crippen molar-refractivity contribution in [1.82, 2.24) is 5.32 Å². The van der Waals surface area contributed by atoms with Crippen molar-refractivity contribution in [3.63, 3.8) is 0 Å². The summed E-state index contributed by atoms with van der Waals surface area (Å²) in [6, 6.07) is 0.317. The van der Waals surface area contributed by atoms with Crippen molar-refractivity contribution in [1.29, 1.82) is 0 Å². The Balaban J connectivity index is 1.74. The molecule has 0 aromatic heterocycles. The number of amides is 1. The van der Waals surface area contributed by atoms with E-state index in [0.29, 0.717) is 18.6 Å². The Hall–Kier alpha value is -0.610. The van der Waals surface area contributed by atoms with Crippen molar-refractivity contribution in [2.45, 2.75) is 70.4 Å². The summed E-state index contributed by atoms with van der Waals surface area (Å²) in [4.78, 5) is 12.4. The second kappa shape index (κ2) is 7.99. The van der Waals surface area contributed by atoms with E-state index in [2.05, 4.69) is 12.2 Å². The highest BCUT2D eigenvalue weighted by molar-refractivity contribution is 5.79. The molecule has 1 saturated heterocycles. The van der Waals surface area contributed by atoms with Crippen LogP contribution in [0.1, 0.15) is 58.3 Å². The fourth-order valence-electron chi connectivity index (χ4n) is 3.45. The molecule has 20 heavy (non-hydrogen) atoms. The number of hydrogen-bond acceptors (Lipinski definition) is 3. The monoisotopic (exact) mass is 283 g/mol. The first-order chi connectivity index (χ1) is 9.72. The highest BCUT2D eigenvalue weighted by Crippen LogP contribution is 2.26. The molecule has 1 amide bonds. The predicted molar refractivity (Wildman–Crippen MR) is 78.3 cm³/mol. The molecule has 2 unspecified atom stereocenters. The molecule has 1 aliphatic heterocycles. The fraction of sp³-hybridized carbons (Fsp3) is 0.938. The van der Waals surface area contributed by atoms with Gasteiger partial charge in [-0.1, -0.05) is 13.3 Å². The average molecular weight is 283 g/mol. The van der Waals surface area contributed by atoms with Gasteiger partial charge in [0.2, 0.25) is 5.91 Å². The van der Waals surface area contributed by atoms with Crippen LogP contribution in [0, 0.1) is 11.8 Å². The Bertz CT molecular complexity index is 298. The van der Waals surface area contributed by atoms with Crippen LogP contribution in [0.3, 0.4) is 0 Å². The number of hydrogen-bond donors (Lipinski definition) is 2. The third kappa shape index (κ3) is 4.45. The normalized spacial score (nSPS) is 34.7. The Morgan fingerprint density at radius 1 is 1.25 bits per heavy atom. The van der Waals surface area contributed by atoms with Gasteiger partial charge >= 0.3 is 0 Å². The molecule has 2 N–H and O–H groups in total. The summed E-state index contributed by atoms with van der Waals surface area (Å²) in [5, 5.41) is 12.4. The molecule has 4 nitrogen and oxygen atoms in total. The minimum atomic E-state index is 0.135. The molecule has 0 spiro atoms. The van der Waals surface area contributed by atoms with Crippen molar-refractivity contribution >= 4 is 5.91 Å². The molecule has 0 aromatic rings. The fourth-order valence-corrected chi connectivity index (χ4v) is 3.45. The maximum absolute atomic E-state index is 12.4. The number of aliphatic hydroxyl groups excluding tert-OH is 1. The van der Waals surface area contributed by atoms with E-state index in [4.69, 9.17) is 9.84 Å². The van der Waals surface area contributed by atoms with E-state index >= 15 is 0 Å². The van der Waals surface area contributed by atoms with E-state index in [1.807, 2.05) is 0 Å². The average Bonchev–Trinajstić information content (AvgIpc) is 2.48. The van der Waals surface area contributed by atoms with Gasteiger partial charge in [0.25, 0.3) is 0 Å². The molecule has 1 aliphatic carbocycles. The number of rotatable bonds is 5. The zero-order chi connectivity index (χ0) is 14.4. The minimum Gasteiger partial charge on any atom is -0.396 e. The van der Waals surface area contributed by atoms with Crippen LogP contribution in [0.4, 0.5) is 0 Å². The second-order valence-corrected chi connectivity index (χ2v) is 6.41. The van der Waals surface area contributed by atoms with Gasteiger partial charge in [0.15, 0.2) is 0 Å². The number of nitrogens with one attached hydrogen (secondary N) is 1. The van der Waals surface area contributed by atoms with Crippen LogP contribution in [-0.2, 0) is 9.53 Å². The van der Waals surface area contributed by atoms with Crippen LogP contribution < -0.4 is 5.32 Å². The molecule has 1 saturated carbocycles. The van der Waals surface area contributed by atoms with Gasteiger partial charge in [0.05, 0.1) is 6.10 Å². The van der Waals surface area contributed by atoms with E-state index in [0.717, 1.165) is 58.0 Å². The lowest BCUT2D eigenvalue weighted by Gasteiger charge is -2.32. The van der Waals surface area contributed by atoms with Gasteiger partial charge in [-0.15, -0.1) is 0 Å². The summed E-state index contributed by atoms with van der Waals surface area (Å²) in [6.45, 7) is 3.17. The molecule has 2 fully saturated rings. The molecule has 0 bridgehead atoms. The lowest BCUT2D eigenvalue weighted by atomic mass is 9.86. The predicted octanol–water partition coefficient (Wildman–Crippen LogP) is 2.25. The zero-order valence-electron chi connectivity index (χ0n) is 12.6. The maximum Gasteiger partial charge on any atom is 0.223 e. The van der Waals surface area contributed by atoms with Crippen LogP contribution >= 0.6 is 0 Å². The molecule has 2 aliphatic rings. The van der Waals surface area contributed by atoms with E-state index in [1.54, 1.807) is 0 Å². The van der Waals surface area contributed by atoms with Crippen LogP contribution in [0.15, 0.2) is 0 Å². The van der Waals surface area contributed by atoms with Gasteiger partial charge in [-0.05, 0) is 50.9 Å². The first-order valence-electron chi connectivity index (χ1n) is 8.25. The van der Waals surface area contributed by atoms with Gasteiger partial charge in [0, 0.05) is 25.2 Å². The van der Waals surface area contributed by atoms with Gasteiger partial charge in [-0.25, -0.2) is 0 Å². The Morgan fingerprint density at radius 2 is 2.00 bits per heavy atom. The number of carbonyl (C=O) groups is 1. The largest absolute Gasteiger partial charge is 0.396 e. The van der Waals surface area contributed by atoms with Crippen molar-refractivity contribution in [2.24, 2.45) is 11.8 Å². The van der Waals surface area contributed by atoms with Crippen molar-refractivity contribution in [3.05, 3.63) is 0 Å². The third-order valence-electron chi connectivity index (χ3n) is 4.80. The Labute approximate surface area is 122 Å². The highest BCUT2D eigenvalue weighted by Gasteiger charge is 2.29. The van der Waals surface area contributed by atoms with E-state index < -0.39 is 0 Å². The number of ether oxygens (including phenoxy) is 1. The number of aliphatic hydroxyl groups is 1. The Morgan fingerprint density at radius 3 is 2.65 bits per heavy atom. The molecule has 1 heterocycles. The lowest BCUT2D eigenvalue weighted by Crippen LogP contribution is -2.43. The van der Waals surface area contributed by atoms with Crippen LogP contribution in [0.25, 0.3) is 0 Å². The zero-order valence-corrected chi connectivity index (χ0v) is 12.6.